The molecular weight excluding hydrogens is 336 g/mol. The Morgan fingerprint density at radius 2 is 1.95 bits per heavy atom. The summed E-state index contributed by atoms with van der Waals surface area (Å²) in [7, 11) is 0. The predicted octanol–water partition coefficient (Wildman–Crippen LogP) is 2.28. The number of anilines is 1. The van der Waals surface area contributed by atoms with Crippen molar-refractivity contribution in [3.63, 3.8) is 0 Å². The maximum absolute atomic E-state index is 12.1. The predicted molar refractivity (Wildman–Crippen MR) is 83.3 cm³/mol. The van der Waals surface area contributed by atoms with Crippen LogP contribution in [-0.4, -0.2) is 30.2 Å². The second-order valence-electron chi connectivity index (χ2n) is 4.94. The van der Waals surface area contributed by atoms with Crippen LogP contribution in [0.15, 0.2) is 22.7 Å². The molecule has 0 radical (unpaired) electrons. The highest BCUT2D eigenvalue weighted by atomic mass is 79.9. The van der Waals surface area contributed by atoms with Crippen molar-refractivity contribution in [1.29, 1.82) is 0 Å². The number of amides is 2. The first-order valence-corrected chi connectivity index (χ1v) is 7.72. The average Bonchev–Trinajstić information content (AvgIpc) is 2.71. The number of benzene rings is 1. The van der Waals surface area contributed by atoms with Gasteiger partial charge in [0.05, 0.1) is 11.3 Å². The molecule has 0 atom stereocenters. The van der Waals surface area contributed by atoms with Gasteiger partial charge in [-0.3, -0.25) is 19.3 Å². The van der Waals surface area contributed by atoms with Gasteiger partial charge < -0.3 is 5.32 Å². The summed E-state index contributed by atoms with van der Waals surface area (Å²) in [6.45, 7) is 3.84. The Hall–Kier alpha value is -1.69. The molecule has 1 aromatic rings. The first kappa shape index (κ1) is 15.7. The fourth-order valence-electron chi connectivity index (χ4n) is 2.37. The van der Waals surface area contributed by atoms with Gasteiger partial charge in [-0.2, -0.15) is 0 Å². The number of Topliss-reactive ketones (excluding diaryl/α,β-unsaturated/α-hetero) is 1. The standard InChI is InChI=1S/C15H17BrN2O3/c1-3-9(4-2)17-12(19)8-18-13-10(14(20)15(18)21)6-5-7-11(13)16/h5-7,9H,3-4,8H2,1-2H3,(H,17,19). The number of fused-ring (bicyclic) bond motifs is 1. The van der Waals surface area contributed by atoms with Crippen LogP contribution in [0, 0.1) is 0 Å². The minimum Gasteiger partial charge on any atom is -0.352 e. The number of hydrogen-bond acceptors (Lipinski definition) is 3. The molecule has 0 saturated heterocycles. The molecule has 6 heteroatoms. The summed E-state index contributed by atoms with van der Waals surface area (Å²) in [6, 6.07) is 5.13. The Balaban J connectivity index is 2.20. The number of halogens is 1. The second-order valence-corrected chi connectivity index (χ2v) is 5.79. The largest absolute Gasteiger partial charge is 0.352 e. The molecule has 1 aliphatic rings. The zero-order valence-corrected chi connectivity index (χ0v) is 13.6. The van der Waals surface area contributed by atoms with Gasteiger partial charge in [0.2, 0.25) is 5.91 Å². The number of rotatable bonds is 5. The van der Waals surface area contributed by atoms with E-state index >= 15 is 0 Å². The highest BCUT2D eigenvalue weighted by molar-refractivity contribution is 9.10. The van der Waals surface area contributed by atoms with Gasteiger partial charge in [0.1, 0.15) is 6.54 Å². The van der Waals surface area contributed by atoms with E-state index in [-0.39, 0.29) is 18.5 Å². The smallest absolute Gasteiger partial charge is 0.299 e. The summed E-state index contributed by atoms with van der Waals surface area (Å²) in [6.07, 6.45) is 1.66. The van der Waals surface area contributed by atoms with E-state index in [0.717, 1.165) is 12.8 Å². The summed E-state index contributed by atoms with van der Waals surface area (Å²) in [4.78, 5) is 37.3. The lowest BCUT2D eigenvalue weighted by molar-refractivity contribution is -0.122. The summed E-state index contributed by atoms with van der Waals surface area (Å²) in [5.74, 6) is -1.48. The Morgan fingerprint density at radius 1 is 1.29 bits per heavy atom. The van der Waals surface area contributed by atoms with E-state index in [1.54, 1.807) is 18.2 Å². The SMILES string of the molecule is CCC(CC)NC(=O)CN1C(=O)C(=O)c2cccc(Br)c21. The Morgan fingerprint density at radius 3 is 2.57 bits per heavy atom. The van der Waals surface area contributed by atoms with E-state index in [0.29, 0.717) is 15.7 Å². The zero-order valence-electron chi connectivity index (χ0n) is 12.0. The van der Waals surface area contributed by atoms with Crippen molar-refractivity contribution < 1.29 is 14.4 Å². The molecule has 21 heavy (non-hydrogen) atoms. The highest BCUT2D eigenvalue weighted by Gasteiger charge is 2.38. The third-order valence-corrected chi connectivity index (χ3v) is 4.23. The lowest BCUT2D eigenvalue weighted by Gasteiger charge is -2.20. The number of carbonyl (C=O) groups excluding carboxylic acids is 3. The van der Waals surface area contributed by atoms with E-state index < -0.39 is 11.7 Å². The molecule has 1 heterocycles. The number of nitrogens with one attached hydrogen (secondary N) is 1. The van der Waals surface area contributed by atoms with E-state index in [4.69, 9.17) is 0 Å². The van der Waals surface area contributed by atoms with Crippen LogP contribution in [-0.2, 0) is 9.59 Å². The first-order chi connectivity index (χ1) is 9.99. The number of carbonyl (C=O) groups is 3. The second kappa shape index (κ2) is 6.39. The van der Waals surface area contributed by atoms with E-state index in [2.05, 4.69) is 21.2 Å². The third kappa shape index (κ3) is 3.00. The number of nitrogens with zero attached hydrogens (tertiary/aromatic N) is 1. The van der Waals surface area contributed by atoms with Crippen LogP contribution in [0.4, 0.5) is 5.69 Å². The highest BCUT2D eigenvalue weighted by Crippen LogP contribution is 2.35. The third-order valence-electron chi connectivity index (χ3n) is 3.59. The van der Waals surface area contributed by atoms with Crippen LogP contribution in [0.25, 0.3) is 0 Å². The topological polar surface area (TPSA) is 66.5 Å². The fraction of sp³-hybridized carbons (Fsp3) is 0.400. The number of para-hydroxylation sites is 1. The van der Waals surface area contributed by atoms with Crippen LogP contribution >= 0.6 is 15.9 Å². The molecule has 2 amide bonds. The molecular formula is C15H17BrN2O3. The zero-order chi connectivity index (χ0) is 15.6. The van der Waals surface area contributed by atoms with Crippen molar-refractivity contribution >= 4 is 39.2 Å². The lowest BCUT2D eigenvalue weighted by Crippen LogP contribution is -2.43. The Labute approximate surface area is 131 Å². The molecule has 0 unspecified atom stereocenters. The fourth-order valence-corrected chi connectivity index (χ4v) is 2.95. The average molecular weight is 353 g/mol. The van der Waals surface area contributed by atoms with Gasteiger partial charge >= 0.3 is 0 Å². The van der Waals surface area contributed by atoms with Crippen molar-refractivity contribution in [1.82, 2.24) is 5.32 Å². The summed E-state index contributed by atoms with van der Waals surface area (Å²) < 4.78 is 0.634. The minimum atomic E-state index is -0.656. The molecule has 2 rings (SSSR count). The molecule has 0 saturated carbocycles. The van der Waals surface area contributed by atoms with Crippen LogP contribution in [0.2, 0.25) is 0 Å². The van der Waals surface area contributed by atoms with E-state index in [1.165, 1.54) is 4.90 Å². The molecule has 1 aliphatic heterocycles. The quantitative estimate of drug-likeness (QED) is 0.826. The van der Waals surface area contributed by atoms with Gasteiger partial charge in [-0.05, 0) is 40.9 Å². The monoisotopic (exact) mass is 352 g/mol. The van der Waals surface area contributed by atoms with Crippen molar-refractivity contribution in [2.24, 2.45) is 0 Å². The summed E-state index contributed by atoms with van der Waals surface area (Å²) in [5.41, 5.74) is 0.817. The summed E-state index contributed by atoms with van der Waals surface area (Å²) in [5, 5.41) is 2.87. The molecule has 112 valence electrons. The maximum Gasteiger partial charge on any atom is 0.299 e. The number of ketones is 1. The van der Waals surface area contributed by atoms with Gasteiger partial charge in [-0.1, -0.05) is 19.9 Å². The van der Waals surface area contributed by atoms with Crippen molar-refractivity contribution in [3.8, 4) is 0 Å². The van der Waals surface area contributed by atoms with Gasteiger partial charge in [0.15, 0.2) is 0 Å². The summed E-state index contributed by atoms with van der Waals surface area (Å²) >= 11 is 3.33. The minimum absolute atomic E-state index is 0.0876. The van der Waals surface area contributed by atoms with Crippen LogP contribution in [0.5, 0.6) is 0 Å². The molecule has 1 N–H and O–H groups in total. The van der Waals surface area contributed by atoms with E-state index in [1.807, 2.05) is 13.8 Å². The lowest BCUT2D eigenvalue weighted by atomic mass is 10.1. The van der Waals surface area contributed by atoms with Crippen LogP contribution in [0.1, 0.15) is 37.0 Å². The maximum atomic E-state index is 12.1. The molecule has 0 aromatic heterocycles. The molecule has 1 aromatic carbocycles. The Bertz CT molecular complexity index is 597. The first-order valence-electron chi connectivity index (χ1n) is 6.93. The van der Waals surface area contributed by atoms with Crippen LogP contribution < -0.4 is 10.2 Å². The van der Waals surface area contributed by atoms with Crippen molar-refractivity contribution in [3.05, 3.63) is 28.2 Å². The normalized spacial score (nSPS) is 13.8. The van der Waals surface area contributed by atoms with Crippen molar-refractivity contribution in [2.75, 3.05) is 11.4 Å². The van der Waals surface area contributed by atoms with Gasteiger partial charge in [-0.15, -0.1) is 0 Å². The van der Waals surface area contributed by atoms with Gasteiger partial charge in [0, 0.05) is 10.5 Å². The molecule has 0 spiro atoms. The van der Waals surface area contributed by atoms with Gasteiger partial charge in [0.25, 0.3) is 11.7 Å². The number of hydrogen-bond donors (Lipinski definition) is 1. The Kier molecular flexibility index (Phi) is 4.77. The van der Waals surface area contributed by atoms with E-state index in [9.17, 15) is 14.4 Å². The van der Waals surface area contributed by atoms with Crippen molar-refractivity contribution in [2.45, 2.75) is 32.7 Å². The molecule has 0 fully saturated rings. The van der Waals surface area contributed by atoms with Gasteiger partial charge in [-0.25, -0.2) is 0 Å². The molecule has 5 nitrogen and oxygen atoms in total. The molecule has 0 aliphatic carbocycles. The molecule has 0 bridgehead atoms. The van der Waals surface area contributed by atoms with Crippen LogP contribution in [0.3, 0.4) is 0 Å².